The predicted octanol–water partition coefficient (Wildman–Crippen LogP) is 5.83. The molecular formula is C21H15N3S2. The van der Waals surface area contributed by atoms with E-state index in [0.717, 1.165) is 32.4 Å². The Morgan fingerprint density at radius 3 is 2.73 bits per heavy atom. The molecular weight excluding hydrogens is 358 g/mol. The van der Waals surface area contributed by atoms with Crippen LogP contribution in [0.4, 0.5) is 0 Å². The SMILES string of the molecule is Cc1nc(SCc2cccc(C#N)c2)c2c(-c3ccccc3)csc2n1. The largest absolute Gasteiger partial charge is 0.226 e. The maximum Gasteiger partial charge on any atom is 0.128 e. The van der Waals surface area contributed by atoms with Crippen LogP contribution < -0.4 is 0 Å². The third-order valence-electron chi connectivity index (χ3n) is 4.03. The molecule has 0 aliphatic heterocycles. The first-order chi connectivity index (χ1) is 12.7. The Labute approximate surface area is 160 Å². The zero-order valence-corrected chi connectivity index (χ0v) is 15.8. The van der Waals surface area contributed by atoms with Crippen LogP contribution in [0, 0.1) is 18.3 Å². The molecule has 0 N–H and O–H groups in total. The lowest BCUT2D eigenvalue weighted by Gasteiger charge is -2.07. The van der Waals surface area contributed by atoms with Crippen molar-refractivity contribution in [3.05, 3.63) is 76.9 Å². The van der Waals surface area contributed by atoms with E-state index in [2.05, 4.69) is 28.6 Å². The molecule has 0 atom stereocenters. The molecule has 5 heteroatoms. The van der Waals surface area contributed by atoms with Crippen molar-refractivity contribution in [1.82, 2.24) is 9.97 Å². The van der Waals surface area contributed by atoms with E-state index >= 15 is 0 Å². The highest BCUT2D eigenvalue weighted by Gasteiger charge is 2.15. The molecule has 4 aromatic rings. The van der Waals surface area contributed by atoms with E-state index in [1.807, 2.05) is 49.4 Å². The first kappa shape index (κ1) is 16.8. The molecule has 0 aliphatic carbocycles. The van der Waals surface area contributed by atoms with Crippen molar-refractivity contribution in [3.8, 4) is 17.2 Å². The van der Waals surface area contributed by atoms with Crippen LogP contribution in [-0.4, -0.2) is 9.97 Å². The topological polar surface area (TPSA) is 49.6 Å². The third kappa shape index (κ3) is 3.34. The van der Waals surface area contributed by atoms with E-state index in [-0.39, 0.29) is 0 Å². The van der Waals surface area contributed by atoms with Crippen LogP contribution in [0.5, 0.6) is 0 Å². The highest BCUT2D eigenvalue weighted by atomic mass is 32.2. The Kier molecular flexibility index (Phi) is 4.70. The number of nitriles is 1. The van der Waals surface area contributed by atoms with E-state index in [1.165, 1.54) is 11.1 Å². The summed E-state index contributed by atoms with van der Waals surface area (Å²) >= 11 is 3.35. The fourth-order valence-electron chi connectivity index (χ4n) is 2.83. The molecule has 4 rings (SSSR count). The average Bonchev–Trinajstić information content (AvgIpc) is 3.11. The van der Waals surface area contributed by atoms with Crippen LogP contribution in [0.1, 0.15) is 17.0 Å². The quantitative estimate of drug-likeness (QED) is 0.333. The van der Waals surface area contributed by atoms with E-state index in [1.54, 1.807) is 23.1 Å². The summed E-state index contributed by atoms with van der Waals surface area (Å²) in [5.74, 6) is 1.55. The van der Waals surface area contributed by atoms with Crippen LogP contribution in [0.2, 0.25) is 0 Å². The van der Waals surface area contributed by atoms with Crippen molar-refractivity contribution < 1.29 is 0 Å². The van der Waals surface area contributed by atoms with Crippen LogP contribution >= 0.6 is 23.1 Å². The number of aryl methyl sites for hydroxylation is 1. The monoisotopic (exact) mass is 373 g/mol. The summed E-state index contributed by atoms with van der Waals surface area (Å²) in [4.78, 5) is 10.3. The fraction of sp³-hybridized carbons (Fsp3) is 0.0952. The van der Waals surface area contributed by atoms with Crippen molar-refractivity contribution in [3.63, 3.8) is 0 Å². The smallest absolute Gasteiger partial charge is 0.128 e. The van der Waals surface area contributed by atoms with Gasteiger partial charge < -0.3 is 0 Å². The maximum absolute atomic E-state index is 9.08. The molecule has 0 amide bonds. The zero-order chi connectivity index (χ0) is 17.9. The lowest BCUT2D eigenvalue weighted by atomic mass is 10.1. The highest BCUT2D eigenvalue weighted by Crippen LogP contribution is 2.39. The first-order valence-corrected chi connectivity index (χ1v) is 10.0. The van der Waals surface area contributed by atoms with Crippen LogP contribution in [0.3, 0.4) is 0 Å². The zero-order valence-electron chi connectivity index (χ0n) is 14.1. The molecule has 0 fully saturated rings. The van der Waals surface area contributed by atoms with Crippen LogP contribution in [-0.2, 0) is 5.75 Å². The number of nitrogens with zero attached hydrogens (tertiary/aromatic N) is 3. The Hall–Kier alpha value is -2.68. The van der Waals surface area contributed by atoms with Gasteiger partial charge in [0.25, 0.3) is 0 Å². The molecule has 0 unspecified atom stereocenters. The lowest BCUT2D eigenvalue weighted by molar-refractivity contribution is 1.02. The van der Waals surface area contributed by atoms with Crippen molar-refractivity contribution in [2.24, 2.45) is 0 Å². The van der Waals surface area contributed by atoms with Crippen molar-refractivity contribution in [2.75, 3.05) is 0 Å². The molecule has 2 aromatic carbocycles. The van der Waals surface area contributed by atoms with E-state index in [4.69, 9.17) is 10.2 Å². The molecule has 2 aromatic heterocycles. The Morgan fingerprint density at radius 2 is 1.92 bits per heavy atom. The second-order valence-corrected chi connectivity index (χ2v) is 7.69. The summed E-state index contributed by atoms with van der Waals surface area (Å²) in [7, 11) is 0. The highest BCUT2D eigenvalue weighted by molar-refractivity contribution is 7.98. The minimum atomic E-state index is 0.688. The standard InChI is InChI=1S/C21H15N3S2/c1-14-23-20(25-12-16-7-5-6-15(10-16)11-22)19-18(13-26-21(19)24-14)17-8-3-2-4-9-17/h2-10,13H,12H2,1H3. The minimum absolute atomic E-state index is 0.688. The van der Waals surface area contributed by atoms with Gasteiger partial charge in [0.05, 0.1) is 17.0 Å². The Bertz CT molecular complexity index is 1110. The Balaban J connectivity index is 1.74. The number of thioether (sulfide) groups is 1. The molecule has 26 heavy (non-hydrogen) atoms. The van der Waals surface area contributed by atoms with Gasteiger partial charge in [0.2, 0.25) is 0 Å². The number of hydrogen-bond donors (Lipinski definition) is 0. The second-order valence-electron chi connectivity index (χ2n) is 5.87. The summed E-state index contributed by atoms with van der Waals surface area (Å²) in [6, 6.07) is 20.3. The average molecular weight is 374 g/mol. The summed E-state index contributed by atoms with van der Waals surface area (Å²) < 4.78 is 0. The molecule has 0 radical (unpaired) electrons. The number of hydrogen-bond acceptors (Lipinski definition) is 5. The van der Waals surface area contributed by atoms with Gasteiger partial charge in [-0.05, 0) is 30.2 Å². The van der Waals surface area contributed by atoms with Gasteiger partial charge in [-0.3, -0.25) is 0 Å². The van der Waals surface area contributed by atoms with Gasteiger partial charge in [0, 0.05) is 16.7 Å². The van der Waals surface area contributed by atoms with Gasteiger partial charge in [-0.15, -0.1) is 23.1 Å². The number of fused-ring (bicyclic) bond motifs is 1. The van der Waals surface area contributed by atoms with Gasteiger partial charge in [0.15, 0.2) is 0 Å². The van der Waals surface area contributed by atoms with Gasteiger partial charge in [-0.25, -0.2) is 9.97 Å². The number of thiophene rings is 1. The van der Waals surface area contributed by atoms with Crippen LogP contribution in [0.25, 0.3) is 21.3 Å². The summed E-state index contributed by atoms with van der Waals surface area (Å²) in [5, 5.41) is 13.4. The number of rotatable bonds is 4. The molecule has 0 aliphatic rings. The molecule has 0 bridgehead atoms. The van der Waals surface area contributed by atoms with Crippen molar-refractivity contribution >= 4 is 33.3 Å². The number of aromatic nitrogens is 2. The third-order valence-corrected chi connectivity index (χ3v) is 5.95. The van der Waals surface area contributed by atoms with Crippen molar-refractivity contribution in [2.45, 2.75) is 17.7 Å². The summed E-state index contributed by atoms with van der Waals surface area (Å²) in [6.45, 7) is 1.93. The number of benzene rings is 2. The summed E-state index contributed by atoms with van der Waals surface area (Å²) in [6.07, 6.45) is 0. The summed E-state index contributed by atoms with van der Waals surface area (Å²) in [5.41, 5.74) is 4.17. The van der Waals surface area contributed by atoms with E-state index in [9.17, 15) is 0 Å². The molecule has 0 spiro atoms. The molecule has 126 valence electrons. The van der Waals surface area contributed by atoms with Crippen LogP contribution in [0.15, 0.2) is 65.0 Å². The minimum Gasteiger partial charge on any atom is -0.226 e. The van der Waals surface area contributed by atoms with E-state index < -0.39 is 0 Å². The van der Waals surface area contributed by atoms with Gasteiger partial charge in [-0.1, -0.05) is 42.5 Å². The van der Waals surface area contributed by atoms with E-state index in [0.29, 0.717) is 5.56 Å². The van der Waals surface area contributed by atoms with Crippen molar-refractivity contribution in [1.29, 1.82) is 5.26 Å². The second kappa shape index (κ2) is 7.28. The van der Waals surface area contributed by atoms with Gasteiger partial charge in [0.1, 0.15) is 15.7 Å². The van der Waals surface area contributed by atoms with Gasteiger partial charge >= 0.3 is 0 Å². The fourth-order valence-corrected chi connectivity index (χ4v) is 4.92. The molecule has 0 saturated heterocycles. The van der Waals surface area contributed by atoms with Gasteiger partial charge in [-0.2, -0.15) is 5.26 Å². The predicted molar refractivity (Wildman–Crippen MR) is 108 cm³/mol. The Morgan fingerprint density at radius 1 is 1.08 bits per heavy atom. The molecule has 2 heterocycles. The molecule has 3 nitrogen and oxygen atoms in total. The molecule has 0 saturated carbocycles. The maximum atomic E-state index is 9.08. The normalized spacial score (nSPS) is 10.8. The lowest BCUT2D eigenvalue weighted by Crippen LogP contribution is -1.92. The first-order valence-electron chi connectivity index (χ1n) is 8.17.